The third-order valence-electron chi connectivity index (χ3n) is 3.27. The maximum atomic E-state index is 10.5. The molecule has 0 fully saturated rings. The Morgan fingerprint density at radius 3 is 0.273 bits per heavy atom. The van der Waals surface area contributed by atoms with Crippen LogP contribution in [0.4, 0.5) is 0 Å². The molecule has 0 saturated heterocycles. The van der Waals surface area contributed by atoms with Crippen molar-refractivity contribution in [3.8, 4) is 0 Å². The average Bonchev–Trinajstić information content (AvgIpc) is 2.67. The third-order valence-corrected chi connectivity index (χ3v) is 13.5. The standard InChI is InChI=1S/2Co.12NO2.3H3N.3Na/c;;12*2-1-3;;;;;;/h;;;;;;;;;;;;;;3*1H3;;;/q2*-3;;;;;;;;;;;;;;;;3*+1/p+3. The topological polar surface area (TPSA) is 627 Å². The molecule has 0 amide bonds. The van der Waals surface area contributed by atoms with Crippen molar-refractivity contribution in [2.24, 2.45) is 0 Å². The molecule has 12 N–H and O–H groups in total. The summed E-state index contributed by atoms with van der Waals surface area (Å²) in [6.07, 6.45) is 0. The molecule has 0 aromatic heterocycles. The summed E-state index contributed by atoms with van der Waals surface area (Å²) in [6.45, 7) is 0. The van der Waals surface area contributed by atoms with Gasteiger partial charge in [0.15, 0.2) is 0 Å². The second-order valence-electron chi connectivity index (χ2n) is 4.36. The van der Waals surface area contributed by atoms with Gasteiger partial charge in [0.1, 0.15) is 0 Å². The monoisotopic (exact) mass is 793 g/mol. The van der Waals surface area contributed by atoms with Gasteiger partial charge < -0.3 is 18.5 Å². The van der Waals surface area contributed by atoms with E-state index in [-0.39, 0.29) is 107 Å². The zero-order valence-corrected chi connectivity index (χ0v) is 29.9. The largest absolute Gasteiger partial charge is 1.00 e. The predicted octanol–water partition coefficient (Wildman–Crippen LogP) is -11.1. The van der Waals surface area contributed by atoms with Crippen LogP contribution in [0.2, 0.25) is 0 Å². The molecule has 44 heteroatoms. The van der Waals surface area contributed by atoms with Gasteiger partial charge in [0.25, 0.3) is 0 Å². The van der Waals surface area contributed by atoms with Crippen LogP contribution in [0.5, 0.6) is 0 Å². The van der Waals surface area contributed by atoms with Crippen LogP contribution in [0.3, 0.4) is 0 Å². The Morgan fingerprint density at radius 1 is 0.227 bits per heavy atom. The van der Waals surface area contributed by atoms with Crippen LogP contribution >= 0.6 is 0 Å². The predicted molar refractivity (Wildman–Crippen MR) is 102 cm³/mol. The maximum absolute atomic E-state index is 10.5. The molecular weight excluding hydrogens is 781 g/mol. The number of nitro groups is 12. The van der Waals surface area contributed by atoms with E-state index in [1.54, 1.807) is 0 Å². The van der Waals surface area contributed by atoms with E-state index in [1.807, 2.05) is 0 Å². The maximum Gasteiger partial charge on any atom is 1.00 e. The Balaban J connectivity index is -0.0000000864. The van der Waals surface area contributed by atoms with Crippen molar-refractivity contribution >= 4 is 0 Å². The van der Waals surface area contributed by atoms with Gasteiger partial charge in [0, 0.05) is 0 Å². The fraction of sp³-hybridized carbons (Fsp3) is 0. The normalized spacial score (nSPS) is 12.5. The molecule has 0 unspecified atom stereocenters. The van der Waals surface area contributed by atoms with Gasteiger partial charge in [-0.2, -0.15) is 0 Å². The summed E-state index contributed by atoms with van der Waals surface area (Å²) in [4.78, 5) is 126. The zero-order valence-electron chi connectivity index (χ0n) is 21.8. The van der Waals surface area contributed by atoms with Gasteiger partial charge in [-0.15, -0.1) is 0 Å². The van der Waals surface area contributed by atoms with Gasteiger partial charge in [-0.25, -0.2) is 0 Å². The SMILES string of the molecule is O=[N+]([O-])[Co-3]([N+](=O)[O-])([N+](=O)[O-])([N+](=O)[O-])([N+](=O)[O-])[N+](=O)[O-].O=[N+]([O-])[Co-3]([N+](=O)[O-])([N+](=O)[O-])([N+](=O)[O-])([N+](=O)[O-])[N+](=O)[O-].[NH4+].[NH4+].[NH4+].[Na+].[Na+].[Na+]. The van der Waals surface area contributed by atoms with Crippen molar-refractivity contribution in [3.05, 3.63) is 121 Å². The van der Waals surface area contributed by atoms with Crippen molar-refractivity contribution in [2.45, 2.75) is 0 Å². The quantitative estimate of drug-likeness (QED) is 0.0938. The van der Waals surface area contributed by atoms with E-state index < -0.39 is 71.3 Å². The van der Waals surface area contributed by atoms with E-state index in [2.05, 4.69) is 0 Å². The first-order valence-corrected chi connectivity index (χ1v) is 11.8. The van der Waals surface area contributed by atoms with E-state index in [0.717, 1.165) is 0 Å². The Bertz CT molecular complexity index is 973. The fourth-order valence-electron chi connectivity index (χ4n) is 1.33. The Labute approximate surface area is 297 Å². The van der Waals surface area contributed by atoms with Crippen LogP contribution in [-0.4, -0.2) is 47.7 Å². The van der Waals surface area contributed by atoms with Crippen LogP contribution in [-0.2, 0) is 23.6 Å². The van der Waals surface area contributed by atoms with Gasteiger partial charge >= 0.3 is 281 Å². The summed E-state index contributed by atoms with van der Waals surface area (Å²) < 4.78 is -39.1. The van der Waals surface area contributed by atoms with Crippen molar-refractivity contribution < 1.29 is 160 Å². The number of hydrogen-bond donors (Lipinski definition) is 3. The summed E-state index contributed by atoms with van der Waals surface area (Å²) in [5, 5.41) is 126. The fourth-order valence-corrected chi connectivity index (χ4v) is 5.50. The van der Waals surface area contributed by atoms with Gasteiger partial charge in [-0.1, -0.05) is 0 Å². The summed E-state index contributed by atoms with van der Waals surface area (Å²) in [5.74, 6) is 0. The molecule has 0 aromatic carbocycles. The van der Waals surface area contributed by atoms with Gasteiger partial charge in [-0.05, 0) is 0 Å². The van der Waals surface area contributed by atoms with E-state index in [0.29, 0.717) is 0 Å². The first-order chi connectivity index (χ1) is 16.7. The molecule has 0 heterocycles. The molecule has 0 rings (SSSR count). The van der Waals surface area contributed by atoms with E-state index in [1.165, 1.54) is 0 Å². The van der Waals surface area contributed by atoms with Crippen molar-refractivity contribution in [1.82, 2.24) is 18.5 Å². The van der Waals surface area contributed by atoms with Crippen LogP contribution in [0.1, 0.15) is 0 Å². The molecule has 0 aliphatic heterocycles. The summed E-state index contributed by atoms with van der Waals surface area (Å²) in [5.41, 5.74) is 0. The molecule has 0 bridgehead atoms. The smallest absolute Gasteiger partial charge is 0.369 e. The Morgan fingerprint density at radius 2 is 0.273 bits per heavy atom. The Kier molecular flexibility index (Phi) is 20.6. The third kappa shape index (κ3) is 4.04. The van der Waals surface area contributed by atoms with Crippen LogP contribution in [0.15, 0.2) is 0 Å². The molecule has 0 aromatic rings. The molecule has 0 saturated carbocycles. The van der Waals surface area contributed by atoms with Gasteiger partial charge in [0.2, 0.25) is 0 Å². The summed E-state index contributed by atoms with van der Waals surface area (Å²) in [6, 6.07) is 0. The van der Waals surface area contributed by atoms with E-state index in [4.69, 9.17) is 0 Å². The minimum absolute atomic E-state index is 0. The van der Waals surface area contributed by atoms with Gasteiger partial charge in [0.05, 0.1) is 0 Å². The molecule has 0 aliphatic rings. The van der Waals surface area contributed by atoms with E-state index in [9.17, 15) is 121 Å². The molecule has 252 valence electrons. The van der Waals surface area contributed by atoms with Crippen molar-refractivity contribution in [1.29, 1.82) is 0 Å². The molecule has 39 nitrogen and oxygen atoms in total. The summed E-state index contributed by atoms with van der Waals surface area (Å²) >= 11 is -20.5. The Hall–Kier alpha value is -3.31. The van der Waals surface area contributed by atoms with Crippen LogP contribution < -0.4 is 107 Å². The van der Waals surface area contributed by atoms with Crippen molar-refractivity contribution in [3.63, 3.8) is 0 Å². The van der Waals surface area contributed by atoms with Crippen LogP contribution in [0.25, 0.3) is 0 Å². The molecule has 0 aliphatic carbocycles. The molecule has 0 atom stereocenters. The summed E-state index contributed by atoms with van der Waals surface area (Å²) in [7, 11) is 0. The number of nitrogens with zero attached hydrogens (tertiary/aromatic N) is 12. The second-order valence-corrected chi connectivity index (χ2v) is 15.2. The van der Waals surface area contributed by atoms with Crippen molar-refractivity contribution in [2.75, 3.05) is 0 Å². The minimum atomic E-state index is -10.3. The molecule has 44 heavy (non-hydrogen) atoms. The molecule has 0 radical (unpaired) electrons. The average molecular weight is 793 g/mol. The molecule has 0 spiro atoms. The van der Waals surface area contributed by atoms with E-state index >= 15 is 0 Å². The first-order valence-electron chi connectivity index (χ1n) is 6.17. The molecular formula is H12Co2N15Na3O24. The van der Waals surface area contributed by atoms with Crippen LogP contribution in [0, 0.1) is 121 Å². The van der Waals surface area contributed by atoms with Gasteiger partial charge in [-0.3, -0.25) is 0 Å². The number of rotatable bonds is 12. The number of quaternary nitrogens is 3. The number of hydrogen-bond acceptors (Lipinski definition) is 24. The second kappa shape index (κ2) is 15.1. The minimum Gasteiger partial charge on any atom is -0.369 e. The zero-order chi connectivity index (χ0) is 31.7. The first kappa shape index (κ1) is 60.0.